The predicted molar refractivity (Wildman–Crippen MR) is 88.0 cm³/mol. The van der Waals surface area contributed by atoms with Crippen molar-refractivity contribution in [3.8, 4) is 5.75 Å². The van der Waals surface area contributed by atoms with Crippen LogP contribution in [0.3, 0.4) is 0 Å². The predicted octanol–water partition coefficient (Wildman–Crippen LogP) is 1.39. The Bertz CT molecular complexity index is 694. The topological polar surface area (TPSA) is 92.6 Å². The minimum atomic E-state index is -0.344. The molecule has 7 heteroatoms. The number of carbonyl (C=O) groups excluding carboxylic acids is 2. The van der Waals surface area contributed by atoms with Crippen LogP contribution in [0, 0.1) is 0 Å². The zero-order chi connectivity index (χ0) is 16.8. The highest BCUT2D eigenvalue weighted by Gasteiger charge is 2.16. The van der Waals surface area contributed by atoms with E-state index in [4.69, 9.17) is 9.15 Å². The molecule has 2 aromatic rings. The van der Waals surface area contributed by atoms with Crippen LogP contribution < -0.4 is 20.7 Å². The molecule has 3 N–H and O–H groups in total. The lowest BCUT2D eigenvalue weighted by molar-refractivity contribution is -0.123. The standard InChI is InChI=1S/C17H19N3O4/c21-16(19-13-6-7-18-10-13)11-24-14-4-1-3-12(9-14)20-17(22)15-5-2-8-23-15/h1-5,8-9,13,18H,6-7,10-11H2,(H,19,21)(H,20,22). The Morgan fingerprint density at radius 1 is 1.29 bits per heavy atom. The smallest absolute Gasteiger partial charge is 0.291 e. The van der Waals surface area contributed by atoms with E-state index in [1.807, 2.05) is 0 Å². The van der Waals surface area contributed by atoms with Crippen molar-refractivity contribution < 1.29 is 18.7 Å². The number of amides is 2. The Labute approximate surface area is 139 Å². The van der Waals surface area contributed by atoms with Gasteiger partial charge < -0.3 is 25.1 Å². The second-order valence-electron chi connectivity index (χ2n) is 5.51. The third kappa shape index (κ3) is 4.36. The maximum Gasteiger partial charge on any atom is 0.291 e. The maximum absolute atomic E-state index is 11.9. The van der Waals surface area contributed by atoms with Crippen LogP contribution in [0.1, 0.15) is 17.0 Å². The highest BCUT2D eigenvalue weighted by Crippen LogP contribution is 2.18. The molecular weight excluding hydrogens is 310 g/mol. The first kappa shape index (κ1) is 16.1. The lowest BCUT2D eigenvalue weighted by atomic mass is 10.2. The minimum Gasteiger partial charge on any atom is -0.484 e. The van der Waals surface area contributed by atoms with Crippen molar-refractivity contribution in [2.24, 2.45) is 0 Å². The molecule has 0 bridgehead atoms. The number of nitrogens with one attached hydrogen (secondary N) is 3. The summed E-state index contributed by atoms with van der Waals surface area (Å²) < 4.78 is 10.5. The van der Waals surface area contributed by atoms with Gasteiger partial charge >= 0.3 is 0 Å². The number of carbonyl (C=O) groups is 2. The van der Waals surface area contributed by atoms with Gasteiger partial charge in [0.1, 0.15) is 5.75 Å². The van der Waals surface area contributed by atoms with Gasteiger partial charge in [0.25, 0.3) is 11.8 Å². The van der Waals surface area contributed by atoms with Crippen LogP contribution in [0.25, 0.3) is 0 Å². The van der Waals surface area contributed by atoms with Crippen molar-refractivity contribution in [3.63, 3.8) is 0 Å². The van der Waals surface area contributed by atoms with Crippen LogP contribution >= 0.6 is 0 Å². The van der Waals surface area contributed by atoms with Gasteiger partial charge in [-0.25, -0.2) is 0 Å². The molecule has 24 heavy (non-hydrogen) atoms. The normalized spacial score (nSPS) is 16.6. The quantitative estimate of drug-likeness (QED) is 0.745. The number of hydrogen-bond acceptors (Lipinski definition) is 5. The Hall–Kier alpha value is -2.80. The van der Waals surface area contributed by atoms with E-state index in [0.29, 0.717) is 11.4 Å². The van der Waals surface area contributed by atoms with Gasteiger partial charge in [0.05, 0.1) is 6.26 Å². The van der Waals surface area contributed by atoms with Gasteiger partial charge in [-0.1, -0.05) is 6.07 Å². The molecular formula is C17H19N3O4. The molecule has 2 heterocycles. The highest BCUT2D eigenvalue weighted by atomic mass is 16.5. The van der Waals surface area contributed by atoms with Crippen molar-refractivity contribution in [1.29, 1.82) is 0 Å². The molecule has 1 aliphatic rings. The molecule has 1 fully saturated rings. The van der Waals surface area contributed by atoms with Crippen molar-refractivity contribution in [3.05, 3.63) is 48.4 Å². The summed E-state index contributed by atoms with van der Waals surface area (Å²) in [5.74, 6) is 0.232. The summed E-state index contributed by atoms with van der Waals surface area (Å²) in [6.45, 7) is 1.65. The largest absolute Gasteiger partial charge is 0.484 e. The Kier molecular flexibility index (Phi) is 5.12. The van der Waals surface area contributed by atoms with Crippen molar-refractivity contribution in [2.75, 3.05) is 25.0 Å². The summed E-state index contributed by atoms with van der Waals surface area (Å²) >= 11 is 0. The minimum absolute atomic E-state index is 0.0634. The molecule has 1 aliphatic heterocycles. The van der Waals surface area contributed by atoms with E-state index >= 15 is 0 Å². The molecule has 1 unspecified atom stereocenters. The molecule has 1 aromatic carbocycles. The average Bonchev–Trinajstić information content (AvgIpc) is 3.27. The van der Waals surface area contributed by atoms with Crippen LogP contribution in [0.4, 0.5) is 5.69 Å². The van der Waals surface area contributed by atoms with Crippen LogP contribution in [0.2, 0.25) is 0 Å². The van der Waals surface area contributed by atoms with Crippen LogP contribution in [0.15, 0.2) is 47.1 Å². The third-order valence-corrected chi connectivity index (χ3v) is 3.63. The zero-order valence-electron chi connectivity index (χ0n) is 13.1. The molecule has 0 spiro atoms. The first-order valence-electron chi connectivity index (χ1n) is 7.78. The van der Waals surface area contributed by atoms with E-state index in [9.17, 15) is 9.59 Å². The molecule has 1 aromatic heterocycles. The first-order valence-corrected chi connectivity index (χ1v) is 7.78. The van der Waals surface area contributed by atoms with Gasteiger partial charge in [0.15, 0.2) is 12.4 Å². The van der Waals surface area contributed by atoms with Gasteiger partial charge in [-0.05, 0) is 37.2 Å². The number of benzene rings is 1. The fourth-order valence-electron chi connectivity index (χ4n) is 2.46. The number of furan rings is 1. The molecule has 0 saturated carbocycles. The molecule has 126 valence electrons. The lowest BCUT2D eigenvalue weighted by Crippen LogP contribution is -2.39. The average molecular weight is 329 g/mol. The summed E-state index contributed by atoms with van der Waals surface area (Å²) in [7, 11) is 0. The van der Waals surface area contributed by atoms with E-state index in [1.54, 1.807) is 36.4 Å². The lowest BCUT2D eigenvalue weighted by Gasteiger charge is -2.12. The van der Waals surface area contributed by atoms with Crippen LogP contribution in [0.5, 0.6) is 5.75 Å². The fraction of sp³-hybridized carbons (Fsp3) is 0.294. The summed E-state index contributed by atoms with van der Waals surface area (Å²) in [4.78, 5) is 23.8. The second kappa shape index (κ2) is 7.65. The maximum atomic E-state index is 11.9. The first-order chi connectivity index (χ1) is 11.7. The molecule has 3 rings (SSSR count). The molecule has 2 amide bonds. The van der Waals surface area contributed by atoms with Crippen LogP contribution in [-0.2, 0) is 4.79 Å². The Balaban J connectivity index is 1.51. The van der Waals surface area contributed by atoms with E-state index in [-0.39, 0.29) is 30.2 Å². The SMILES string of the molecule is O=C(COc1cccc(NC(=O)c2ccco2)c1)NC1CCNC1. The number of rotatable bonds is 6. The van der Waals surface area contributed by atoms with Gasteiger partial charge in [-0.3, -0.25) is 9.59 Å². The molecule has 7 nitrogen and oxygen atoms in total. The summed E-state index contributed by atoms with van der Waals surface area (Å²) in [5.41, 5.74) is 0.564. The van der Waals surface area contributed by atoms with Crippen molar-refractivity contribution in [1.82, 2.24) is 10.6 Å². The van der Waals surface area contributed by atoms with Gasteiger partial charge in [0.2, 0.25) is 0 Å². The molecule has 1 saturated heterocycles. The summed E-state index contributed by atoms with van der Waals surface area (Å²) in [5, 5.41) is 8.80. The van der Waals surface area contributed by atoms with Gasteiger partial charge in [-0.15, -0.1) is 0 Å². The molecule has 0 aliphatic carbocycles. The highest BCUT2D eigenvalue weighted by molar-refractivity contribution is 6.02. The molecule has 0 radical (unpaired) electrons. The summed E-state index contributed by atoms with van der Waals surface area (Å²) in [6, 6.07) is 10.3. The van der Waals surface area contributed by atoms with E-state index < -0.39 is 0 Å². The zero-order valence-corrected chi connectivity index (χ0v) is 13.1. The number of ether oxygens (including phenoxy) is 1. The Morgan fingerprint density at radius 2 is 2.21 bits per heavy atom. The monoisotopic (exact) mass is 329 g/mol. The summed E-state index contributed by atoms with van der Waals surface area (Å²) in [6.07, 6.45) is 2.37. The third-order valence-electron chi connectivity index (χ3n) is 3.63. The van der Waals surface area contributed by atoms with Crippen molar-refractivity contribution >= 4 is 17.5 Å². The Morgan fingerprint density at radius 3 is 2.96 bits per heavy atom. The van der Waals surface area contributed by atoms with E-state index in [0.717, 1.165) is 19.5 Å². The van der Waals surface area contributed by atoms with E-state index in [1.165, 1.54) is 6.26 Å². The van der Waals surface area contributed by atoms with Gasteiger partial charge in [0, 0.05) is 24.3 Å². The fourth-order valence-corrected chi connectivity index (χ4v) is 2.46. The van der Waals surface area contributed by atoms with Gasteiger partial charge in [-0.2, -0.15) is 0 Å². The second-order valence-corrected chi connectivity index (χ2v) is 5.51. The number of hydrogen-bond donors (Lipinski definition) is 3. The van der Waals surface area contributed by atoms with Crippen LogP contribution in [-0.4, -0.2) is 37.6 Å². The van der Waals surface area contributed by atoms with Crippen molar-refractivity contribution in [2.45, 2.75) is 12.5 Å². The van der Waals surface area contributed by atoms with E-state index in [2.05, 4.69) is 16.0 Å². The molecule has 1 atom stereocenters. The number of anilines is 1.